The Morgan fingerprint density at radius 3 is 2.38 bits per heavy atom. The summed E-state index contributed by atoms with van der Waals surface area (Å²) in [6.07, 6.45) is 0. The molecule has 0 spiro atoms. The van der Waals surface area contributed by atoms with Gasteiger partial charge >= 0.3 is 0 Å². The molecular weight excluding hydrogens is 360 g/mol. The number of hydrogen-bond donors (Lipinski definition) is 0. The third-order valence-corrected chi connectivity index (χ3v) is 2.97. The molecule has 0 saturated heterocycles. The van der Waals surface area contributed by atoms with Gasteiger partial charge in [-0.25, -0.2) is 13.2 Å². The van der Waals surface area contributed by atoms with Crippen LogP contribution in [-0.2, 0) is 5.92 Å². The van der Waals surface area contributed by atoms with Gasteiger partial charge in [-0.2, -0.15) is 0 Å². The van der Waals surface area contributed by atoms with E-state index < -0.39 is 11.7 Å². The summed E-state index contributed by atoms with van der Waals surface area (Å²) in [5.41, 5.74) is -0.328. The molecule has 0 unspecified atom stereocenters. The van der Waals surface area contributed by atoms with Crippen LogP contribution in [0.1, 0.15) is 12.5 Å². The van der Waals surface area contributed by atoms with Crippen molar-refractivity contribution in [3.05, 3.63) is 31.6 Å². The van der Waals surface area contributed by atoms with Gasteiger partial charge in [-0.05, 0) is 34.7 Å². The number of alkyl halides is 2. The van der Waals surface area contributed by atoms with Gasteiger partial charge in [-0.15, -0.1) is 0 Å². The van der Waals surface area contributed by atoms with Crippen molar-refractivity contribution >= 4 is 38.5 Å². The van der Waals surface area contributed by atoms with Gasteiger partial charge in [-0.3, -0.25) is 0 Å². The summed E-state index contributed by atoms with van der Waals surface area (Å²) >= 11 is 4.71. The molecule has 0 bridgehead atoms. The summed E-state index contributed by atoms with van der Waals surface area (Å²) in [4.78, 5) is 0. The fraction of sp³-hybridized carbons (Fsp3) is 0.250. The minimum absolute atomic E-state index is 0.228. The van der Waals surface area contributed by atoms with Crippen LogP contribution in [-0.4, -0.2) is 0 Å². The highest BCUT2D eigenvalue weighted by atomic mass is 127. The molecule has 0 amide bonds. The summed E-state index contributed by atoms with van der Waals surface area (Å²) < 4.78 is 39.1. The Kier molecular flexibility index (Phi) is 3.27. The molecule has 0 atom stereocenters. The third kappa shape index (κ3) is 2.59. The average Bonchev–Trinajstić information content (AvgIpc) is 1.94. The van der Waals surface area contributed by atoms with E-state index in [1.54, 1.807) is 22.6 Å². The van der Waals surface area contributed by atoms with Gasteiger partial charge in [0.25, 0.3) is 5.92 Å². The highest BCUT2D eigenvalue weighted by molar-refractivity contribution is 14.1. The summed E-state index contributed by atoms with van der Waals surface area (Å²) in [6.45, 7) is 0.736. The predicted molar refractivity (Wildman–Crippen MR) is 56.4 cm³/mol. The molecule has 0 nitrogen and oxygen atoms in total. The van der Waals surface area contributed by atoms with E-state index >= 15 is 0 Å². The van der Waals surface area contributed by atoms with Crippen LogP contribution in [0.25, 0.3) is 0 Å². The quantitative estimate of drug-likeness (QED) is 0.514. The molecule has 0 aromatic heterocycles. The van der Waals surface area contributed by atoms with E-state index in [1.165, 1.54) is 6.07 Å². The highest BCUT2D eigenvalue weighted by Gasteiger charge is 2.28. The minimum atomic E-state index is -3.02. The molecule has 0 aliphatic heterocycles. The molecule has 13 heavy (non-hydrogen) atoms. The van der Waals surface area contributed by atoms with Gasteiger partial charge in [0.2, 0.25) is 0 Å². The number of benzene rings is 1. The second kappa shape index (κ2) is 3.76. The molecule has 0 fully saturated rings. The van der Waals surface area contributed by atoms with Crippen LogP contribution in [0.4, 0.5) is 13.2 Å². The van der Waals surface area contributed by atoms with E-state index in [9.17, 15) is 13.2 Å². The molecule has 72 valence electrons. The summed E-state index contributed by atoms with van der Waals surface area (Å²) in [5.74, 6) is -3.65. The Labute approximate surface area is 95.8 Å². The molecule has 0 N–H and O–H groups in total. The maximum absolute atomic E-state index is 12.9. The normalized spacial score (nSPS) is 11.8. The zero-order chi connectivity index (χ0) is 10.2. The second-order valence-corrected chi connectivity index (χ2v) is 4.65. The first-order chi connectivity index (χ1) is 5.82. The minimum Gasteiger partial charge on any atom is -0.206 e. The van der Waals surface area contributed by atoms with Crippen LogP contribution < -0.4 is 0 Å². The number of halogens is 5. The van der Waals surface area contributed by atoms with E-state index in [-0.39, 0.29) is 10.0 Å². The van der Waals surface area contributed by atoms with Gasteiger partial charge in [-0.1, -0.05) is 15.9 Å². The van der Waals surface area contributed by atoms with Crippen molar-refractivity contribution in [3.8, 4) is 0 Å². The zero-order valence-corrected chi connectivity index (χ0v) is 10.3. The van der Waals surface area contributed by atoms with E-state index in [0.29, 0.717) is 3.57 Å². The molecule has 0 radical (unpaired) electrons. The van der Waals surface area contributed by atoms with E-state index in [0.717, 1.165) is 13.0 Å². The van der Waals surface area contributed by atoms with Crippen molar-refractivity contribution in [2.45, 2.75) is 12.8 Å². The Morgan fingerprint density at radius 1 is 1.38 bits per heavy atom. The highest BCUT2D eigenvalue weighted by Crippen LogP contribution is 2.34. The molecule has 0 heterocycles. The van der Waals surface area contributed by atoms with Crippen LogP contribution in [0.2, 0.25) is 0 Å². The van der Waals surface area contributed by atoms with Gasteiger partial charge in [0, 0.05) is 20.5 Å². The second-order valence-electron chi connectivity index (χ2n) is 2.63. The van der Waals surface area contributed by atoms with Crippen LogP contribution in [0, 0.1) is 9.39 Å². The number of rotatable bonds is 1. The Balaban J connectivity index is 3.32. The lowest BCUT2D eigenvalue weighted by atomic mass is 10.1. The Hall–Kier alpha value is 0.220. The van der Waals surface area contributed by atoms with Gasteiger partial charge < -0.3 is 0 Å². The van der Waals surface area contributed by atoms with Crippen molar-refractivity contribution in [1.29, 1.82) is 0 Å². The lowest BCUT2D eigenvalue weighted by Gasteiger charge is -2.13. The van der Waals surface area contributed by atoms with Crippen molar-refractivity contribution in [2.75, 3.05) is 0 Å². The molecule has 0 saturated carbocycles. The van der Waals surface area contributed by atoms with Gasteiger partial charge in [0.15, 0.2) is 0 Å². The molecule has 1 aromatic rings. The van der Waals surface area contributed by atoms with Crippen LogP contribution in [0.3, 0.4) is 0 Å². The average molecular weight is 365 g/mol. The van der Waals surface area contributed by atoms with E-state index in [1.807, 2.05) is 0 Å². The lowest BCUT2D eigenvalue weighted by Crippen LogP contribution is -2.09. The predicted octanol–water partition coefficient (Wildman–Crippen LogP) is 4.30. The van der Waals surface area contributed by atoms with Crippen molar-refractivity contribution in [2.24, 2.45) is 0 Å². The topological polar surface area (TPSA) is 0 Å². The largest absolute Gasteiger partial charge is 0.271 e. The van der Waals surface area contributed by atoms with Gasteiger partial charge in [0.1, 0.15) is 5.82 Å². The van der Waals surface area contributed by atoms with Crippen LogP contribution >= 0.6 is 38.5 Å². The Morgan fingerprint density at radius 2 is 1.92 bits per heavy atom. The lowest BCUT2D eigenvalue weighted by molar-refractivity contribution is 0.0163. The van der Waals surface area contributed by atoms with E-state index in [4.69, 9.17) is 0 Å². The molecule has 1 aromatic carbocycles. The molecule has 5 heteroatoms. The van der Waals surface area contributed by atoms with Crippen LogP contribution in [0.5, 0.6) is 0 Å². The Bertz CT molecular complexity index is 333. The third-order valence-electron chi connectivity index (χ3n) is 1.48. The fourth-order valence-electron chi connectivity index (χ4n) is 0.859. The monoisotopic (exact) mass is 364 g/mol. The fourth-order valence-corrected chi connectivity index (χ4v) is 2.45. The zero-order valence-electron chi connectivity index (χ0n) is 6.54. The summed E-state index contributed by atoms with van der Waals surface area (Å²) in [5, 5.41) is 0. The van der Waals surface area contributed by atoms with Crippen molar-refractivity contribution in [1.82, 2.24) is 0 Å². The SMILES string of the molecule is CC(F)(F)c1cc(F)c(I)cc1Br. The van der Waals surface area contributed by atoms with Crippen molar-refractivity contribution in [3.63, 3.8) is 0 Å². The molecule has 0 aliphatic carbocycles. The molecular formula is C8H5BrF3I. The molecule has 1 rings (SSSR count). The van der Waals surface area contributed by atoms with Gasteiger partial charge in [0.05, 0.1) is 0 Å². The smallest absolute Gasteiger partial charge is 0.206 e. The summed E-state index contributed by atoms with van der Waals surface area (Å²) in [7, 11) is 0. The van der Waals surface area contributed by atoms with Crippen molar-refractivity contribution < 1.29 is 13.2 Å². The standard InChI is InChI=1S/C8H5BrF3I/c1-8(11,12)4-2-6(10)7(13)3-5(4)9/h2-3H,1H3. The van der Waals surface area contributed by atoms with E-state index in [2.05, 4.69) is 15.9 Å². The number of hydrogen-bond acceptors (Lipinski definition) is 0. The first kappa shape index (κ1) is 11.3. The maximum atomic E-state index is 12.9. The van der Waals surface area contributed by atoms with Crippen LogP contribution in [0.15, 0.2) is 16.6 Å². The first-order valence-electron chi connectivity index (χ1n) is 3.35. The first-order valence-corrected chi connectivity index (χ1v) is 5.22. The summed E-state index contributed by atoms with van der Waals surface area (Å²) in [6, 6.07) is 2.19. The molecule has 0 aliphatic rings. The maximum Gasteiger partial charge on any atom is 0.271 e.